The van der Waals surface area contributed by atoms with E-state index in [2.05, 4.69) is 4.98 Å². The van der Waals surface area contributed by atoms with Crippen LogP contribution in [0.1, 0.15) is 28.2 Å². The normalized spacial score (nSPS) is 21.5. The van der Waals surface area contributed by atoms with Crippen molar-refractivity contribution >= 4 is 5.97 Å². The Bertz CT molecular complexity index is 367. The third kappa shape index (κ3) is 2.00. The number of carboxylic acid groups (broad SMARTS) is 1. The molecule has 1 unspecified atom stereocenters. The first-order valence-electron chi connectivity index (χ1n) is 4.58. The molecule has 0 amide bonds. The molecule has 0 bridgehead atoms. The highest BCUT2D eigenvalue weighted by Crippen LogP contribution is 2.22. The summed E-state index contributed by atoms with van der Waals surface area (Å²) in [5.41, 5.74) is 0.353. The number of aromatic carboxylic acids is 1. The molecule has 1 saturated heterocycles. The lowest BCUT2D eigenvalue weighted by atomic mass is 10.3. The summed E-state index contributed by atoms with van der Waals surface area (Å²) in [5.74, 6) is -0.994. The van der Waals surface area contributed by atoms with Crippen molar-refractivity contribution in [2.45, 2.75) is 13.0 Å². The van der Waals surface area contributed by atoms with E-state index in [0.29, 0.717) is 25.5 Å². The van der Waals surface area contributed by atoms with Gasteiger partial charge in [-0.05, 0) is 6.92 Å². The number of oxazole rings is 1. The van der Waals surface area contributed by atoms with E-state index < -0.39 is 12.1 Å². The molecule has 2 heterocycles. The highest BCUT2D eigenvalue weighted by Gasteiger charge is 2.25. The van der Waals surface area contributed by atoms with Crippen molar-refractivity contribution in [2.24, 2.45) is 0 Å². The summed E-state index contributed by atoms with van der Waals surface area (Å²) >= 11 is 0. The average Bonchev–Trinajstić information content (AvgIpc) is 2.62. The predicted molar refractivity (Wildman–Crippen MR) is 47.7 cm³/mol. The fourth-order valence-corrected chi connectivity index (χ4v) is 1.38. The van der Waals surface area contributed by atoms with Crippen LogP contribution in [0.15, 0.2) is 4.42 Å². The van der Waals surface area contributed by atoms with Gasteiger partial charge in [0.25, 0.3) is 0 Å². The Morgan fingerprint density at radius 3 is 2.87 bits per heavy atom. The van der Waals surface area contributed by atoms with Crippen molar-refractivity contribution in [3.8, 4) is 0 Å². The fourth-order valence-electron chi connectivity index (χ4n) is 1.38. The van der Waals surface area contributed by atoms with Crippen LogP contribution in [0.25, 0.3) is 0 Å². The summed E-state index contributed by atoms with van der Waals surface area (Å²) in [6.45, 7) is 2.94. The second-order valence-electron chi connectivity index (χ2n) is 3.21. The third-order valence-corrected chi connectivity index (χ3v) is 2.10. The number of rotatable bonds is 2. The van der Waals surface area contributed by atoms with E-state index in [4.69, 9.17) is 19.0 Å². The summed E-state index contributed by atoms with van der Waals surface area (Å²) in [6.07, 6.45) is -0.398. The highest BCUT2D eigenvalue weighted by atomic mass is 16.6. The smallest absolute Gasteiger partial charge is 0.373 e. The zero-order valence-electron chi connectivity index (χ0n) is 8.23. The number of hydrogen-bond donors (Lipinski definition) is 1. The Hall–Kier alpha value is -1.40. The monoisotopic (exact) mass is 213 g/mol. The van der Waals surface area contributed by atoms with Crippen molar-refractivity contribution in [1.29, 1.82) is 0 Å². The third-order valence-electron chi connectivity index (χ3n) is 2.10. The number of hydrogen-bond acceptors (Lipinski definition) is 5. The maximum absolute atomic E-state index is 10.7. The summed E-state index contributed by atoms with van der Waals surface area (Å²) in [7, 11) is 0. The van der Waals surface area contributed by atoms with Crippen molar-refractivity contribution in [3.05, 3.63) is 17.3 Å². The van der Waals surface area contributed by atoms with Gasteiger partial charge in [-0.1, -0.05) is 0 Å². The molecule has 1 aliphatic rings. The molecule has 1 N–H and O–H groups in total. The van der Waals surface area contributed by atoms with Crippen molar-refractivity contribution < 1.29 is 23.8 Å². The first-order valence-corrected chi connectivity index (χ1v) is 4.58. The zero-order valence-corrected chi connectivity index (χ0v) is 8.23. The molecule has 1 aromatic heterocycles. The molecule has 0 spiro atoms. The number of carboxylic acids is 1. The highest BCUT2D eigenvalue weighted by molar-refractivity contribution is 5.85. The van der Waals surface area contributed by atoms with Crippen LogP contribution in [0, 0.1) is 6.92 Å². The predicted octanol–water partition coefficient (Wildman–Crippen LogP) is 0.769. The van der Waals surface area contributed by atoms with Gasteiger partial charge in [-0.15, -0.1) is 0 Å². The molecule has 6 heteroatoms. The molecule has 1 atom stereocenters. The van der Waals surface area contributed by atoms with E-state index >= 15 is 0 Å². The second kappa shape index (κ2) is 4.00. The Morgan fingerprint density at radius 1 is 1.53 bits per heavy atom. The van der Waals surface area contributed by atoms with E-state index in [1.807, 2.05) is 0 Å². The van der Waals surface area contributed by atoms with Gasteiger partial charge in [-0.3, -0.25) is 0 Å². The number of carbonyl (C=O) groups is 1. The van der Waals surface area contributed by atoms with E-state index in [1.54, 1.807) is 6.92 Å². The number of aryl methyl sites for hydroxylation is 1. The van der Waals surface area contributed by atoms with Gasteiger partial charge in [-0.25, -0.2) is 9.78 Å². The van der Waals surface area contributed by atoms with E-state index in [-0.39, 0.29) is 11.7 Å². The molecule has 82 valence electrons. The fraction of sp³-hybridized carbons (Fsp3) is 0.556. The lowest BCUT2D eigenvalue weighted by Crippen LogP contribution is -2.22. The van der Waals surface area contributed by atoms with Crippen LogP contribution in [0.5, 0.6) is 0 Å². The van der Waals surface area contributed by atoms with Crippen LogP contribution < -0.4 is 0 Å². The topological polar surface area (TPSA) is 81.8 Å². The van der Waals surface area contributed by atoms with Gasteiger partial charge in [-0.2, -0.15) is 0 Å². The molecule has 0 aliphatic carbocycles. The minimum absolute atomic E-state index is 0.140. The maximum atomic E-state index is 10.7. The Labute approximate surface area is 85.8 Å². The van der Waals surface area contributed by atoms with Crippen molar-refractivity contribution in [2.75, 3.05) is 19.8 Å². The standard InChI is InChI=1S/C9H11NO5/c1-5-7(9(11)12)15-8(10-5)6-4-13-2-3-14-6/h6H,2-4H2,1H3,(H,11,12). The SMILES string of the molecule is Cc1nc(C2COCCO2)oc1C(=O)O. The first-order chi connectivity index (χ1) is 7.18. The van der Waals surface area contributed by atoms with Crippen LogP contribution in [-0.4, -0.2) is 35.9 Å². The Kier molecular flexibility index (Phi) is 2.70. The van der Waals surface area contributed by atoms with Crippen molar-refractivity contribution in [3.63, 3.8) is 0 Å². The lowest BCUT2D eigenvalue weighted by molar-refractivity contribution is -0.0997. The van der Waals surface area contributed by atoms with Gasteiger partial charge in [0.1, 0.15) is 0 Å². The van der Waals surface area contributed by atoms with Gasteiger partial charge in [0, 0.05) is 0 Å². The van der Waals surface area contributed by atoms with Crippen molar-refractivity contribution in [1.82, 2.24) is 4.98 Å². The average molecular weight is 213 g/mol. The molecule has 1 aliphatic heterocycles. The molecule has 2 rings (SSSR count). The summed E-state index contributed by atoms with van der Waals surface area (Å²) in [4.78, 5) is 14.7. The second-order valence-corrected chi connectivity index (χ2v) is 3.21. The van der Waals surface area contributed by atoms with Crippen LogP contribution in [-0.2, 0) is 9.47 Å². The van der Waals surface area contributed by atoms with Gasteiger partial charge in [0.05, 0.1) is 25.5 Å². The van der Waals surface area contributed by atoms with E-state index in [1.165, 1.54) is 0 Å². The quantitative estimate of drug-likeness (QED) is 0.781. The van der Waals surface area contributed by atoms with E-state index in [0.717, 1.165) is 0 Å². The summed E-state index contributed by atoms with van der Waals surface area (Å²) in [6, 6.07) is 0. The molecule has 0 saturated carbocycles. The molecular formula is C9H11NO5. The number of ether oxygens (including phenoxy) is 2. The molecule has 6 nitrogen and oxygen atoms in total. The maximum Gasteiger partial charge on any atom is 0.373 e. The Morgan fingerprint density at radius 2 is 2.33 bits per heavy atom. The minimum Gasteiger partial charge on any atom is -0.475 e. The molecule has 0 radical (unpaired) electrons. The molecule has 0 aromatic carbocycles. The molecule has 15 heavy (non-hydrogen) atoms. The minimum atomic E-state index is -1.12. The lowest BCUT2D eigenvalue weighted by Gasteiger charge is -2.19. The van der Waals surface area contributed by atoms with Crippen LogP contribution in [0.2, 0.25) is 0 Å². The van der Waals surface area contributed by atoms with Gasteiger partial charge < -0.3 is 19.0 Å². The Balaban J connectivity index is 2.21. The number of nitrogens with zero attached hydrogens (tertiary/aromatic N) is 1. The van der Waals surface area contributed by atoms with Gasteiger partial charge in [0.2, 0.25) is 11.7 Å². The molecule has 1 aromatic rings. The van der Waals surface area contributed by atoms with Gasteiger partial charge in [0.15, 0.2) is 6.10 Å². The van der Waals surface area contributed by atoms with Gasteiger partial charge >= 0.3 is 5.97 Å². The summed E-state index contributed by atoms with van der Waals surface area (Å²) in [5, 5.41) is 8.77. The molecular weight excluding hydrogens is 202 g/mol. The molecule has 1 fully saturated rings. The first kappa shape index (κ1) is 10.1. The van der Waals surface area contributed by atoms with Crippen LogP contribution in [0.4, 0.5) is 0 Å². The zero-order chi connectivity index (χ0) is 10.8. The van der Waals surface area contributed by atoms with Crippen LogP contribution in [0.3, 0.4) is 0 Å². The van der Waals surface area contributed by atoms with E-state index in [9.17, 15) is 4.79 Å². The van der Waals surface area contributed by atoms with Crippen LogP contribution >= 0.6 is 0 Å². The summed E-state index contributed by atoms with van der Waals surface area (Å²) < 4.78 is 15.6. The largest absolute Gasteiger partial charge is 0.475 e. The number of aromatic nitrogens is 1.